The highest BCUT2D eigenvalue weighted by Gasteiger charge is 2.58. The van der Waals surface area contributed by atoms with Crippen LogP contribution >= 0.6 is 0 Å². The molecule has 0 aromatic carbocycles. The van der Waals surface area contributed by atoms with E-state index in [-0.39, 0.29) is 6.42 Å². The Kier molecular flexibility index (Phi) is 6.31. The summed E-state index contributed by atoms with van der Waals surface area (Å²) in [5.41, 5.74) is 7.98. The number of unbranched alkanes of at least 4 members (excludes halogenated alkanes) is 1. The Morgan fingerprint density at radius 2 is 1.95 bits per heavy atom. The smallest absolute Gasteiger partial charge is 0.377 e. The zero-order valence-corrected chi connectivity index (χ0v) is 11.1. The van der Waals surface area contributed by atoms with Crippen LogP contribution in [0.4, 0.5) is 8.78 Å². The van der Waals surface area contributed by atoms with E-state index in [0.717, 1.165) is 6.92 Å². The summed E-state index contributed by atoms with van der Waals surface area (Å²) >= 11 is 0. The van der Waals surface area contributed by atoms with Crippen LogP contribution in [-0.4, -0.2) is 46.1 Å². The van der Waals surface area contributed by atoms with Gasteiger partial charge in [-0.05, 0) is 33.1 Å². The molecule has 0 heterocycles. The molecule has 0 aliphatic carbocycles. The number of carboxylic acid groups (broad SMARTS) is 1. The van der Waals surface area contributed by atoms with Gasteiger partial charge in [0.25, 0.3) is 0 Å². The first-order chi connectivity index (χ1) is 8.53. The second kappa shape index (κ2) is 6.76. The van der Waals surface area contributed by atoms with E-state index >= 15 is 0 Å². The molecule has 6 N–H and O–H groups in total. The molecule has 112 valence electrons. The molecule has 0 saturated carbocycles. The van der Waals surface area contributed by atoms with Crippen LogP contribution in [0.15, 0.2) is 4.99 Å². The quantitative estimate of drug-likeness (QED) is 0.290. The summed E-state index contributed by atoms with van der Waals surface area (Å²) in [6.45, 7) is 2.80. The molecule has 0 aliphatic heterocycles. The van der Waals surface area contributed by atoms with Crippen LogP contribution in [0, 0.1) is 0 Å². The summed E-state index contributed by atoms with van der Waals surface area (Å²) in [7, 11) is 0. The van der Waals surface area contributed by atoms with Crippen LogP contribution in [-0.2, 0) is 4.79 Å². The van der Waals surface area contributed by atoms with Crippen molar-refractivity contribution in [2.45, 2.75) is 50.7 Å². The minimum absolute atomic E-state index is 0.0645. The molecule has 0 saturated heterocycles. The maximum atomic E-state index is 13.3. The van der Waals surface area contributed by atoms with Crippen molar-refractivity contribution in [3.63, 3.8) is 0 Å². The first-order valence-electron chi connectivity index (χ1n) is 5.89. The van der Waals surface area contributed by atoms with Crippen molar-refractivity contribution in [2.24, 2.45) is 16.5 Å². The molecule has 0 aliphatic rings. The van der Waals surface area contributed by atoms with E-state index in [1.807, 2.05) is 0 Å². The molecule has 19 heavy (non-hydrogen) atoms. The molecule has 0 aromatic rings. The van der Waals surface area contributed by atoms with E-state index in [2.05, 4.69) is 4.99 Å². The third kappa shape index (κ3) is 4.71. The number of nitrogens with two attached hydrogens (primary N) is 2. The van der Waals surface area contributed by atoms with Crippen LogP contribution in [0.3, 0.4) is 0 Å². The van der Waals surface area contributed by atoms with E-state index in [1.54, 1.807) is 6.92 Å². The molecule has 2 unspecified atom stereocenters. The van der Waals surface area contributed by atoms with Crippen LogP contribution in [0.1, 0.15) is 33.1 Å². The Bertz CT molecular complexity index is 342. The van der Waals surface area contributed by atoms with Crippen LogP contribution < -0.4 is 11.5 Å². The van der Waals surface area contributed by atoms with Gasteiger partial charge in [0.05, 0.1) is 5.84 Å². The average Bonchev–Trinajstić information content (AvgIpc) is 2.27. The highest BCUT2D eigenvalue weighted by molar-refractivity contribution is 5.77. The highest BCUT2D eigenvalue weighted by atomic mass is 19.3. The third-order valence-electron chi connectivity index (χ3n) is 2.91. The van der Waals surface area contributed by atoms with Crippen molar-refractivity contribution in [3.05, 3.63) is 0 Å². The molecule has 2 atom stereocenters. The van der Waals surface area contributed by atoms with Gasteiger partial charge in [-0.3, -0.25) is 4.99 Å². The minimum Gasteiger partial charge on any atom is -0.477 e. The Balaban J connectivity index is 4.37. The fraction of sp³-hybridized carbons (Fsp3) is 0.818. The number of amidine groups is 1. The maximum absolute atomic E-state index is 13.3. The number of nitrogens with zero attached hydrogens (tertiary/aromatic N) is 1. The Labute approximate surface area is 110 Å². The maximum Gasteiger partial charge on any atom is 0.377 e. The minimum atomic E-state index is -4.29. The molecule has 8 heteroatoms. The fourth-order valence-electron chi connectivity index (χ4n) is 1.46. The molecule has 0 radical (unpaired) electrons. The van der Waals surface area contributed by atoms with Crippen LogP contribution in [0.25, 0.3) is 0 Å². The van der Waals surface area contributed by atoms with Gasteiger partial charge < -0.3 is 21.7 Å². The third-order valence-corrected chi connectivity index (χ3v) is 2.91. The predicted octanol–water partition coefficient (Wildman–Crippen LogP) is 0.332. The summed E-state index contributed by atoms with van der Waals surface area (Å²) < 4.78 is 26.6. The predicted molar refractivity (Wildman–Crippen MR) is 67.2 cm³/mol. The molecule has 6 nitrogen and oxygen atoms in total. The Hall–Kier alpha value is -1.28. The summed E-state index contributed by atoms with van der Waals surface area (Å²) in [6, 6.07) is -1.35. The SMILES string of the molecule is CC(N)=NCCCCC(N)C(C)(O)C(F)(F)C(=O)O. The van der Waals surface area contributed by atoms with Crippen LogP contribution in [0.5, 0.6) is 0 Å². The number of aliphatic hydroxyl groups is 1. The van der Waals surface area contributed by atoms with Gasteiger partial charge in [-0.1, -0.05) is 0 Å². The largest absolute Gasteiger partial charge is 0.477 e. The Morgan fingerprint density at radius 1 is 1.42 bits per heavy atom. The van der Waals surface area contributed by atoms with Gasteiger partial charge in [0.2, 0.25) is 0 Å². The van der Waals surface area contributed by atoms with Gasteiger partial charge in [-0.25, -0.2) is 4.79 Å². The lowest BCUT2D eigenvalue weighted by molar-refractivity contribution is -0.209. The van der Waals surface area contributed by atoms with E-state index in [0.29, 0.717) is 25.2 Å². The second-order valence-electron chi connectivity index (χ2n) is 4.65. The Morgan fingerprint density at radius 3 is 2.37 bits per heavy atom. The second-order valence-corrected chi connectivity index (χ2v) is 4.65. The number of hydrogen-bond donors (Lipinski definition) is 4. The van der Waals surface area contributed by atoms with Gasteiger partial charge >= 0.3 is 11.9 Å². The van der Waals surface area contributed by atoms with Crippen molar-refractivity contribution in [2.75, 3.05) is 6.54 Å². The lowest BCUT2D eigenvalue weighted by Crippen LogP contribution is -2.61. The molecule has 0 rings (SSSR count). The summed E-state index contributed by atoms with van der Waals surface area (Å²) in [5, 5.41) is 18.0. The van der Waals surface area contributed by atoms with Crippen molar-refractivity contribution in [1.82, 2.24) is 0 Å². The number of hydrogen-bond acceptors (Lipinski definition) is 4. The molecule has 0 amide bonds. The zero-order valence-electron chi connectivity index (χ0n) is 11.1. The first kappa shape index (κ1) is 17.7. The summed E-state index contributed by atoms with van der Waals surface area (Å²) in [5.74, 6) is -6.26. The van der Waals surface area contributed by atoms with Crippen molar-refractivity contribution >= 4 is 11.8 Å². The lowest BCUT2D eigenvalue weighted by Gasteiger charge is -2.34. The van der Waals surface area contributed by atoms with Crippen molar-refractivity contribution in [1.29, 1.82) is 0 Å². The van der Waals surface area contributed by atoms with Gasteiger partial charge in [0.1, 0.15) is 0 Å². The van der Waals surface area contributed by atoms with Gasteiger partial charge in [-0.2, -0.15) is 8.78 Å². The van der Waals surface area contributed by atoms with E-state index in [9.17, 15) is 18.7 Å². The number of carboxylic acids is 1. The van der Waals surface area contributed by atoms with Gasteiger partial charge in [0.15, 0.2) is 5.60 Å². The molecular weight excluding hydrogens is 260 g/mol. The number of aliphatic imine (C=N–C) groups is 1. The topological polar surface area (TPSA) is 122 Å². The fourth-order valence-corrected chi connectivity index (χ4v) is 1.46. The first-order valence-corrected chi connectivity index (χ1v) is 5.89. The van der Waals surface area contributed by atoms with Gasteiger partial charge in [-0.15, -0.1) is 0 Å². The zero-order chi connectivity index (χ0) is 15.3. The molecule has 0 spiro atoms. The van der Waals surface area contributed by atoms with E-state index in [4.69, 9.17) is 16.6 Å². The molecule has 0 fully saturated rings. The molecule has 0 aromatic heterocycles. The van der Waals surface area contributed by atoms with Crippen molar-refractivity contribution in [3.8, 4) is 0 Å². The van der Waals surface area contributed by atoms with Gasteiger partial charge in [0, 0.05) is 12.6 Å². The average molecular weight is 281 g/mol. The standard InChI is InChI=1S/C11H21F2N3O3/c1-7(14)16-6-4-3-5-8(15)10(2,19)11(12,13)9(17)18/h8,19H,3-6,15H2,1-2H3,(H2,14,16)(H,17,18). The normalized spacial score (nSPS) is 17.9. The van der Waals surface area contributed by atoms with Crippen LogP contribution in [0.2, 0.25) is 0 Å². The highest BCUT2D eigenvalue weighted by Crippen LogP contribution is 2.32. The monoisotopic (exact) mass is 281 g/mol. The van der Waals surface area contributed by atoms with Crippen molar-refractivity contribution < 1.29 is 23.8 Å². The summed E-state index contributed by atoms with van der Waals surface area (Å²) in [6.07, 6.45) is 1.07. The van der Waals surface area contributed by atoms with E-state index in [1.165, 1.54) is 0 Å². The van der Waals surface area contributed by atoms with E-state index < -0.39 is 23.5 Å². The lowest BCUT2D eigenvalue weighted by atomic mass is 9.86. The molecule has 0 bridgehead atoms. The number of aliphatic carboxylic acids is 1. The number of carbonyl (C=O) groups is 1. The molecular formula is C11H21F2N3O3. The number of rotatable bonds is 8. The number of alkyl halides is 2. The summed E-state index contributed by atoms with van der Waals surface area (Å²) in [4.78, 5) is 14.3. The number of halogens is 2.